The van der Waals surface area contributed by atoms with Crippen LogP contribution in [-0.2, 0) is 12.8 Å². The maximum Gasteiger partial charge on any atom is 0.102 e. The molecule has 0 atom stereocenters. The van der Waals surface area contributed by atoms with Gasteiger partial charge < -0.3 is 16.4 Å². The Morgan fingerprint density at radius 2 is 1.78 bits per heavy atom. The second-order valence-electron chi connectivity index (χ2n) is 8.72. The fraction of sp³-hybridized carbons (Fsp3) is 0.583. The lowest BCUT2D eigenvalue weighted by Crippen LogP contribution is -2.42. The van der Waals surface area contributed by atoms with E-state index in [0.29, 0.717) is 6.04 Å². The Bertz CT molecular complexity index is 781. The van der Waals surface area contributed by atoms with E-state index in [-0.39, 0.29) is 0 Å². The molecule has 3 nitrogen and oxygen atoms in total. The first-order chi connectivity index (χ1) is 13.1. The first kappa shape index (κ1) is 18.5. The van der Waals surface area contributed by atoms with Crippen molar-refractivity contribution in [1.29, 1.82) is 0 Å². The SMILES string of the molecule is C/C(C1=C(N)N(C2CCCCC2)CCC1)=C(/N)c1ccc2c(c1C)CCC2. The second-order valence-corrected chi connectivity index (χ2v) is 8.72. The Balaban J connectivity index is 1.68. The van der Waals surface area contributed by atoms with Crippen LogP contribution in [-0.4, -0.2) is 17.5 Å². The first-order valence-corrected chi connectivity index (χ1v) is 10.9. The van der Waals surface area contributed by atoms with Gasteiger partial charge in [-0.15, -0.1) is 0 Å². The van der Waals surface area contributed by atoms with Gasteiger partial charge in [0.05, 0.1) is 0 Å². The van der Waals surface area contributed by atoms with Crippen LogP contribution >= 0.6 is 0 Å². The van der Waals surface area contributed by atoms with E-state index in [1.54, 1.807) is 0 Å². The third-order valence-electron chi connectivity index (χ3n) is 7.18. The van der Waals surface area contributed by atoms with Crippen molar-refractivity contribution in [2.24, 2.45) is 11.5 Å². The number of rotatable bonds is 3. The lowest BCUT2D eigenvalue weighted by atomic mass is 9.89. The van der Waals surface area contributed by atoms with E-state index in [9.17, 15) is 0 Å². The molecule has 1 saturated carbocycles. The Morgan fingerprint density at radius 3 is 2.56 bits per heavy atom. The predicted molar refractivity (Wildman–Crippen MR) is 114 cm³/mol. The minimum absolute atomic E-state index is 0.629. The van der Waals surface area contributed by atoms with E-state index in [1.165, 1.54) is 91.2 Å². The number of benzene rings is 1. The van der Waals surface area contributed by atoms with Crippen molar-refractivity contribution in [3.63, 3.8) is 0 Å². The molecule has 1 aromatic carbocycles. The second kappa shape index (κ2) is 7.61. The zero-order valence-electron chi connectivity index (χ0n) is 17.1. The topological polar surface area (TPSA) is 55.3 Å². The number of hydrogen-bond donors (Lipinski definition) is 2. The van der Waals surface area contributed by atoms with Gasteiger partial charge in [-0.25, -0.2) is 0 Å². The van der Waals surface area contributed by atoms with Gasteiger partial charge in [0.1, 0.15) is 5.82 Å². The molecule has 0 radical (unpaired) electrons. The van der Waals surface area contributed by atoms with E-state index in [1.807, 2.05) is 0 Å². The summed E-state index contributed by atoms with van der Waals surface area (Å²) in [6.07, 6.45) is 12.6. The zero-order chi connectivity index (χ0) is 19.0. The Hall–Kier alpha value is -1.90. The molecule has 4 rings (SSSR count). The monoisotopic (exact) mass is 365 g/mol. The molecular weight excluding hydrogens is 330 g/mol. The summed E-state index contributed by atoms with van der Waals surface area (Å²) in [7, 11) is 0. The molecule has 0 unspecified atom stereocenters. The molecule has 1 aliphatic heterocycles. The van der Waals surface area contributed by atoms with Crippen LogP contribution in [0.1, 0.15) is 80.5 Å². The maximum absolute atomic E-state index is 6.72. The summed E-state index contributed by atoms with van der Waals surface area (Å²) < 4.78 is 0. The number of nitrogens with zero attached hydrogens (tertiary/aromatic N) is 1. The molecule has 1 aromatic rings. The van der Waals surface area contributed by atoms with Crippen LogP contribution in [0.5, 0.6) is 0 Å². The van der Waals surface area contributed by atoms with Gasteiger partial charge in [-0.2, -0.15) is 0 Å². The van der Waals surface area contributed by atoms with Gasteiger partial charge in [0.2, 0.25) is 0 Å². The number of hydrogen-bond acceptors (Lipinski definition) is 3. The van der Waals surface area contributed by atoms with Gasteiger partial charge in [-0.3, -0.25) is 0 Å². The van der Waals surface area contributed by atoms with E-state index in [2.05, 4.69) is 30.9 Å². The number of nitrogens with two attached hydrogens (primary N) is 2. The van der Waals surface area contributed by atoms with Crippen molar-refractivity contribution in [1.82, 2.24) is 4.90 Å². The minimum atomic E-state index is 0.629. The lowest BCUT2D eigenvalue weighted by Gasteiger charge is -2.40. The summed E-state index contributed by atoms with van der Waals surface area (Å²) in [6.45, 7) is 5.52. The predicted octanol–water partition coefficient (Wildman–Crippen LogP) is 4.77. The first-order valence-electron chi connectivity index (χ1n) is 10.9. The highest BCUT2D eigenvalue weighted by Gasteiger charge is 2.27. The van der Waals surface area contributed by atoms with Crippen LogP contribution in [0.25, 0.3) is 5.70 Å². The molecule has 0 bridgehead atoms. The molecule has 146 valence electrons. The van der Waals surface area contributed by atoms with Gasteiger partial charge in [0.15, 0.2) is 0 Å². The van der Waals surface area contributed by atoms with E-state index in [0.717, 1.165) is 24.5 Å². The molecule has 3 aliphatic rings. The smallest absolute Gasteiger partial charge is 0.102 e. The Morgan fingerprint density at radius 1 is 1.00 bits per heavy atom. The van der Waals surface area contributed by atoms with Gasteiger partial charge in [0.25, 0.3) is 0 Å². The highest BCUT2D eigenvalue weighted by molar-refractivity contribution is 5.73. The van der Waals surface area contributed by atoms with Crippen LogP contribution in [0, 0.1) is 6.92 Å². The molecule has 4 N–H and O–H groups in total. The standard InChI is InChI=1S/C24H35N3/c1-16-20-11-6-8-18(20)13-14-21(16)23(25)17(2)22-12-7-15-27(24(22)26)19-9-4-3-5-10-19/h13-14,19H,3-12,15,25-26H2,1-2H3/b23-17-. The summed E-state index contributed by atoms with van der Waals surface area (Å²) in [5.74, 6) is 0.993. The molecule has 1 heterocycles. The number of allylic oxidation sites excluding steroid dienone is 2. The number of fused-ring (bicyclic) bond motifs is 1. The average Bonchev–Trinajstić information content (AvgIpc) is 3.18. The van der Waals surface area contributed by atoms with Crippen LogP contribution in [0.15, 0.2) is 29.1 Å². The van der Waals surface area contributed by atoms with Crippen LogP contribution in [0.3, 0.4) is 0 Å². The van der Waals surface area contributed by atoms with E-state index in [4.69, 9.17) is 11.5 Å². The Labute approximate surface area is 164 Å². The fourth-order valence-electron chi connectivity index (χ4n) is 5.51. The van der Waals surface area contributed by atoms with Gasteiger partial charge >= 0.3 is 0 Å². The van der Waals surface area contributed by atoms with Gasteiger partial charge in [-0.1, -0.05) is 31.4 Å². The zero-order valence-corrected chi connectivity index (χ0v) is 17.1. The van der Waals surface area contributed by atoms with Crippen LogP contribution in [0.4, 0.5) is 0 Å². The van der Waals surface area contributed by atoms with Crippen molar-refractivity contribution in [3.8, 4) is 0 Å². The van der Waals surface area contributed by atoms with Crippen molar-refractivity contribution < 1.29 is 0 Å². The van der Waals surface area contributed by atoms with Crippen molar-refractivity contribution in [3.05, 3.63) is 51.4 Å². The molecule has 2 aliphatic carbocycles. The van der Waals surface area contributed by atoms with E-state index < -0.39 is 0 Å². The average molecular weight is 366 g/mol. The van der Waals surface area contributed by atoms with Crippen molar-refractivity contribution in [2.75, 3.05) is 6.54 Å². The summed E-state index contributed by atoms with van der Waals surface area (Å²) in [5, 5.41) is 0. The summed E-state index contributed by atoms with van der Waals surface area (Å²) in [5.41, 5.74) is 22.5. The van der Waals surface area contributed by atoms with Crippen molar-refractivity contribution in [2.45, 2.75) is 84.1 Å². The summed E-state index contributed by atoms with van der Waals surface area (Å²) >= 11 is 0. The molecule has 27 heavy (non-hydrogen) atoms. The van der Waals surface area contributed by atoms with Gasteiger partial charge in [-0.05, 0) is 86.6 Å². The van der Waals surface area contributed by atoms with E-state index >= 15 is 0 Å². The molecule has 0 amide bonds. The normalized spacial score (nSPS) is 22.1. The molecule has 1 fully saturated rings. The largest absolute Gasteiger partial charge is 0.398 e. The maximum atomic E-state index is 6.72. The molecule has 0 saturated heterocycles. The summed E-state index contributed by atoms with van der Waals surface area (Å²) in [4.78, 5) is 2.49. The molecule has 0 aromatic heterocycles. The lowest BCUT2D eigenvalue weighted by molar-refractivity contribution is 0.185. The number of aryl methyl sites for hydroxylation is 1. The Kier molecular flexibility index (Phi) is 5.21. The molecule has 0 spiro atoms. The van der Waals surface area contributed by atoms with Gasteiger partial charge in [0, 0.05) is 23.8 Å². The third kappa shape index (κ3) is 3.37. The quantitative estimate of drug-likeness (QED) is 0.811. The van der Waals surface area contributed by atoms with Crippen LogP contribution in [0.2, 0.25) is 0 Å². The minimum Gasteiger partial charge on any atom is -0.398 e. The summed E-state index contributed by atoms with van der Waals surface area (Å²) in [6, 6.07) is 5.15. The van der Waals surface area contributed by atoms with Crippen molar-refractivity contribution >= 4 is 5.70 Å². The third-order valence-corrected chi connectivity index (χ3v) is 7.18. The van der Waals surface area contributed by atoms with Crippen LogP contribution < -0.4 is 11.5 Å². The molecule has 3 heteroatoms. The highest BCUT2D eigenvalue weighted by Crippen LogP contribution is 2.35. The molecular formula is C24H35N3. The fourth-order valence-corrected chi connectivity index (χ4v) is 5.51. The highest BCUT2D eigenvalue weighted by atomic mass is 15.2.